The Morgan fingerprint density at radius 2 is 1.27 bits per heavy atom. The molecule has 0 aliphatic carbocycles. The normalized spacial score (nSPS) is 18.6. The first kappa shape index (κ1) is 15.7. The molecule has 0 aromatic heterocycles. The van der Waals surface area contributed by atoms with Crippen LogP contribution in [0.25, 0.3) is 0 Å². The van der Waals surface area contributed by atoms with Gasteiger partial charge in [-0.05, 0) is 39.3 Å². The molecule has 0 aromatic carbocycles. The molecule has 4 nitrogen and oxygen atoms in total. The van der Waals surface area contributed by atoms with Gasteiger partial charge in [-0.3, -0.25) is 0 Å². The maximum Gasteiger partial charge on any atom is 0.308 e. The molecule has 0 saturated heterocycles. The van der Waals surface area contributed by atoms with Gasteiger partial charge in [-0.2, -0.15) is 0 Å². The van der Waals surface area contributed by atoms with Crippen molar-refractivity contribution in [2.45, 2.75) is 39.3 Å². The third-order valence-corrected chi connectivity index (χ3v) is 12.6. The molecule has 0 saturated carbocycles. The van der Waals surface area contributed by atoms with E-state index in [1.54, 1.807) is 7.11 Å². The predicted octanol–water partition coefficient (Wildman–Crippen LogP) is 1.07. The molecular weight excluding hydrogens is 260 g/mol. The Labute approximate surface area is 99.6 Å². The van der Waals surface area contributed by atoms with E-state index in [9.17, 15) is 0 Å². The first-order valence-electron chi connectivity index (χ1n) is 5.26. The monoisotopic (exact) mass is 284 g/mol. The summed E-state index contributed by atoms with van der Waals surface area (Å²) in [4.78, 5) is 0. The zero-order chi connectivity index (χ0) is 12.1. The molecule has 0 amide bonds. The van der Waals surface area contributed by atoms with Gasteiger partial charge in [0.1, 0.15) is 0 Å². The highest BCUT2D eigenvalue weighted by atomic mass is 28.4. The van der Waals surface area contributed by atoms with Gasteiger partial charge in [0, 0.05) is 7.11 Å². The average Bonchev–Trinajstić information content (AvgIpc) is 1.99. The summed E-state index contributed by atoms with van der Waals surface area (Å²) in [6.07, 6.45) is 0. The molecule has 3 atom stereocenters. The molecule has 92 valence electrons. The summed E-state index contributed by atoms with van der Waals surface area (Å²) in [5.41, 5.74) is 0. The molecule has 0 bridgehead atoms. The predicted molar refractivity (Wildman–Crippen MR) is 72.6 cm³/mol. The van der Waals surface area contributed by atoms with Crippen LogP contribution in [0.1, 0.15) is 0 Å². The second-order valence-electron chi connectivity index (χ2n) is 4.44. The van der Waals surface area contributed by atoms with Crippen molar-refractivity contribution in [1.29, 1.82) is 0 Å². The van der Waals surface area contributed by atoms with Crippen molar-refractivity contribution in [3.8, 4) is 0 Å². The Morgan fingerprint density at radius 1 is 0.800 bits per heavy atom. The van der Waals surface area contributed by atoms with Crippen molar-refractivity contribution in [3.05, 3.63) is 0 Å². The maximum atomic E-state index is 5.91. The van der Waals surface area contributed by atoms with Crippen LogP contribution in [-0.2, 0) is 16.8 Å². The summed E-state index contributed by atoms with van der Waals surface area (Å²) in [5, 5.41) is 0. The molecule has 0 heterocycles. The summed E-state index contributed by atoms with van der Waals surface area (Å²) in [6, 6.07) is 0. The van der Waals surface area contributed by atoms with Crippen molar-refractivity contribution < 1.29 is 16.8 Å². The summed E-state index contributed by atoms with van der Waals surface area (Å²) in [6.45, 7) is 12.7. The zero-order valence-corrected chi connectivity index (χ0v) is 15.3. The zero-order valence-electron chi connectivity index (χ0n) is 10.9. The molecule has 0 rings (SSSR count). The minimum atomic E-state index is -1.53. The Kier molecular flexibility index (Phi) is 7.45. The first-order valence-corrected chi connectivity index (χ1v) is 15.0. The van der Waals surface area contributed by atoms with E-state index in [0.717, 1.165) is 0 Å². The van der Waals surface area contributed by atoms with Crippen LogP contribution in [0.4, 0.5) is 0 Å². The fourth-order valence-electron chi connectivity index (χ4n) is 1.15. The number of hydrogen-bond donors (Lipinski definition) is 0. The Balaban J connectivity index is 3.81. The SMILES string of the molecule is CO[SiH](C)O[SiH](C)O[SiH](C)O[Si](C)(C)C. The van der Waals surface area contributed by atoms with Crippen molar-refractivity contribution in [3.63, 3.8) is 0 Å². The van der Waals surface area contributed by atoms with Crippen molar-refractivity contribution in [2.24, 2.45) is 0 Å². The molecule has 8 heteroatoms. The topological polar surface area (TPSA) is 36.9 Å². The average molecular weight is 285 g/mol. The van der Waals surface area contributed by atoms with E-state index in [1.165, 1.54) is 0 Å². The van der Waals surface area contributed by atoms with E-state index < -0.39 is 36.2 Å². The molecule has 0 fully saturated rings. The highest BCUT2D eigenvalue weighted by molar-refractivity contribution is 6.77. The minimum absolute atomic E-state index is 1.44. The lowest BCUT2D eigenvalue weighted by Crippen LogP contribution is -2.40. The maximum absolute atomic E-state index is 5.91. The van der Waals surface area contributed by atoms with Gasteiger partial charge in [-0.25, -0.2) is 0 Å². The largest absolute Gasteiger partial charge is 0.439 e. The van der Waals surface area contributed by atoms with Crippen LogP contribution in [0.3, 0.4) is 0 Å². The minimum Gasteiger partial charge on any atom is -0.439 e. The number of hydrogen-bond acceptors (Lipinski definition) is 4. The Morgan fingerprint density at radius 3 is 1.67 bits per heavy atom. The quantitative estimate of drug-likeness (QED) is 0.655. The molecule has 15 heavy (non-hydrogen) atoms. The van der Waals surface area contributed by atoms with Crippen molar-refractivity contribution >= 4 is 36.2 Å². The lowest BCUT2D eigenvalue weighted by Gasteiger charge is -2.26. The van der Waals surface area contributed by atoms with E-state index >= 15 is 0 Å². The van der Waals surface area contributed by atoms with Gasteiger partial charge in [-0.1, -0.05) is 0 Å². The second kappa shape index (κ2) is 7.12. The van der Waals surface area contributed by atoms with E-state index in [-0.39, 0.29) is 0 Å². The van der Waals surface area contributed by atoms with Crippen LogP contribution in [0.15, 0.2) is 0 Å². The summed E-state index contributed by atoms with van der Waals surface area (Å²) < 4.78 is 22.6. The van der Waals surface area contributed by atoms with Crippen molar-refractivity contribution in [1.82, 2.24) is 0 Å². The standard InChI is InChI=1S/C7H24O4Si4/c1-8-12(2)9-13(3)10-14(4)11-15(5,6)7/h12-14H,1-7H3. The van der Waals surface area contributed by atoms with Gasteiger partial charge >= 0.3 is 9.28 Å². The summed E-state index contributed by atoms with van der Waals surface area (Å²) in [5.74, 6) is 0. The molecule has 3 unspecified atom stereocenters. The molecule has 0 spiro atoms. The van der Waals surface area contributed by atoms with Crippen LogP contribution >= 0.6 is 0 Å². The highest BCUT2D eigenvalue weighted by Crippen LogP contribution is 2.07. The summed E-state index contributed by atoms with van der Waals surface area (Å²) in [7, 11) is -4.22. The van der Waals surface area contributed by atoms with Gasteiger partial charge < -0.3 is 16.8 Å². The smallest absolute Gasteiger partial charge is 0.308 e. The van der Waals surface area contributed by atoms with Crippen LogP contribution in [0.5, 0.6) is 0 Å². The Hall–Kier alpha value is 0.708. The van der Waals surface area contributed by atoms with Gasteiger partial charge in [0.2, 0.25) is 0 Å². The van der Waals surface area contributed by atoms with Gasteiger partial charge in [0.15, 0.2) is 8.32 Å². The number of rotatable bonds is 7. The van der Waals surface area contributed by atoms with Gasteiger partial charge in [0.05, 0.1) is 0 Å². The summed E-state index contributed by atoms with van der Waals surface area (Å²) >= 11 is 0. The fourth-order valence-corrected chi connectivity index (χ4v) is 11.5. The van der Waals surface area contributed by atoms with Crippen LogP contribution in [0, 0.1) is 0 Å². The lowest BCUT2D eigenvalue weighted by molar-refractivity contribution is 0.308. The third kappa shape index (κ3) is 9.63. The van der Waals surface area contributed by atoms with Gasteiger partial charge in [-0.15, -0.1) is 0 Å². The molecule has 0 aromatic rings. The van der Waals surface area contributed by atoms with E-state index in [2.05, 4.69) is 26.2 Å². The molecule has 0 aliphatic heterocycles. The molecule has 0 aliphatic rings. The molecule has 0 N–H and O–H groups in total. The third-order valence-electron chi connectivity index (χ3n) is 1.62. The van der Waals surface area contributed by atoms with Crippen LogP contribution in [0.2, 0.25) is 39.3 Å². The van der Waals surface area contributed by atoms with Crippen molar-refractivity contribution in [2.75, 3.05) is 7.11 Å². The lowest BCUT2D eigenvalue weighted by atomic mass is 11.8. The Bertz CT molecular complexity index is 175. The van der Waals surface area contributed by atoms with E-state index in [1.807, 2.05) is 13.1 Å². The van der Waals surface area contributed by atoms with E-state index in [4.69, 9.17) is 16.8 Å². The second-order valence-corrected chi connectivity index (χ2v) is 15.7. The van der Waals surface area contributed by atoms with Crippen LogP contribution in [-0.4, -0.2) is 43.3 Å². The highest BCUT2D eigenvalue weighted by Gasteiger charge is 2.22. The van der Waals surface area contributed by atoms with Crippen LogP contribution < -0.4 is 0 Å². The molecule has 0 radical (unpaired) electrons. The molecular formula is C7H24O4Si4. The van der Waals surface area contributed by atoms with E-state index in [0.29, 0.717) is 0 Å². The first-order chi connectivity index (χ1) is 6.74. The van der Waals surface area contributed by atoms with Gasteiger partial charge in [0.25, 0.3) is 18.6 Å². The fraction of sp³-hybridized carbons (Fsp3) is 1.00.